The molecule has 0 bridgehead atoms. The summed E-state index contributed by atoms with van der Waals surface area (Å²) in [6.07, 6.45) is 1.47. The quantitative estimate of drug-likeness (QED) is 0.762. The first-order chi connectivity index (χ1) is 8.65. The summed E-state index contributed by atoms with van der Waals surface area (Å²) in [5.41, 5.74) is 10.4. The molecule has 92 valence electrons. The Hall–Kier alpha value is -1.88. The van der Waals surface area contributed by atoms with Gasteiger partial charge in [0.1, 0.15) is 5.52 Å². The second kappa shape index (κ2) is 4.10. The molecule has 0 unspecified atom stereocenters. The lowest BCUT2D eigenvalue weighted by Crippen LogP contribution is -1.90. The van der Waals surface area contributed by atoms with E-state index in [4.69, 9.17) is 10.2 Å². The van der Waals surface area contributed by atoms with Crippen LogP contribution in [0.2, 0.25) is 0 Å². The summed E-state index contributed by atoms with van der Waals surface area (Å²) in [5, 5.41) is 2.50. The predicted octanol–water partition coefficient (Wildman–Crippen LogP) is 3.66. The van der Waals surface area contributed by atoms with Gasteiger partial charge in [0.2, 0.25) is 0 Å². The van der Waals surface area contributed by atoms with Crippen LogP contribution in [0.3, 0.4) is 0 Å². The van der Waals surface area contributed by atoms with Crippen molar-refractivity contribution in [2.75, 3.05) is 5.73 Å². The van der Waals surface area contributed by atoms with E-state index >= 15 is 0 Å². The van der Waals surface area contributed by atoms with Gasteiger partial charge >= 0.3 is 0 Å². The number of nitrogen functional groups attached to an aromatic ring is 1. The number of oxazole rings is 1. The van der Waals surface area contributed by atoms with E-state index in [1.165, 1.54) is 23.3 Å². The highest BCUT2D eigenvalue weighted by molar-refractivity contribution is 7.13. The second-order valence-electron chi connectivity index (χ2n) is 4.49. The number of benzene rings is 1. The van der Waals surface area contributed by atoms with Crippen molar-refractivity contribution in [1.29, 1.82) is 0 Å². The van der Waals surface area contributed by atoms with Crippen molar-refractivity contribution in [2.24, 2.45) is 0 Å². The first kappa shape index (κ1) is 11.2. The van der Waals surface area contributed by atoms with Crippen LogP contribution in [0.15, 0.2) is 28.3 Å². The van der Waals surface area contributed by atoms with Gasteiger partial charge < -0.3 is 10.2 Å². The van der Waals surface area contributed by atoms with Crippen LogP contribution in [0.4, 0.5) is 5.13 Å². The van der Waals surface area contributed by atoms with Gasteiger partial charge in [-0.05, 0) is 23.6 Å². The Bertz CT molecular complexity index is 699. The molecule has 0 radical (unpaired) electrons. The Morgan fingerprint density at radius 1 is 1.33 bits per heavy atom. The van der Waals surface area contributed by atoms with Crippen LogP contribution in [0.25, 0.3) is 22.4 Å². The van der Waals surface area contributed by atoms with Gasteiger partial charge in [-0.25, -0.2) is 9.97 Å². The smallest absolute Gasteiger partial charge is 0.182 e. The molecule has 2 heterocycles. The maximum absolute atomic E-state index is 5.69. The van der Waals surface area contributed by atoms with Crippen molar-refractivity contribution in [2.45, 2.75) is 19.8 Å². The van der Waals surface area contributed by atoms with Crippen LogP contribution in [0.1, 0.15) is 25.3 Å². The third-order valence-corrected chi connectivity index (χ3v) is 3.59. The Morgan fingerprint density at radius 2 is 2.17 bits per heavy atom. The third kappa shape index (κ3) is 1.76. The van der Waals surface area contributed by atoms with Gasteiger partial charge in [-0.3, -0.25) is 0 Å². The van der Waals surface area contributed by atoms with E-state index in [-0.39, 0.29) is 0 Å². The zero-order chi connectivity index (χ0) is 12.7. The van der Waals surface area contributed by atoms with Crippen molar-refractivity contribution in [3.8, 4) is 11.3 Å². The summed E-state index contributed by atoms with van der Waals surface area (Å²) in [6.45, 7) is 4.31. The molecule has 0 atom stereocenters. The molecule has 0 aliphatic carbocycles. The first-order valence-corrected chi connectivity index (χ1v) is 6.61. The van der Waals surface area contributed by atoms with Crippen LogP contribution in [-0.4, -0.2) is 9.97 Å². The second-order valence-corrected chi connectivity index (χ2v) is 5.38. The molecule has 0 spiro atoms. The molecule has 0 saturated carbocycles. The van der Waals surface area contributed by atoms with E-state index in [1.807, 2.05) is 5.38 Å². The highest BCUT2D eigenvalue weighted by Gasteiger charge is 2.14. The predicted molar refractivity (Wildman–Crippen MR) is 73.6 cm³/mol. The summed E-state index contributed by atoms with van der Waals surface area (Å²) in [5.74, 6) is 0.431. The monoisotopic (exact) mass is 259 g/mol. The molecule has 2 N–H and O–H groups in total. The fraction of sp³-hybridized carbons (Fsp3) is 0.231. The van der Waals surface area contributed by atoms with Crippen molar-refractivity contribution < 1.29 is 4.42 Å². The molecule has 3 rings (SSSR count). The number of rotatable bonds is 2. The molecule has 5 heteroatoms. The molecular formula is C13H13N3OS. The zero-order valence-corrected chi connectivity index (χ0v) is 11.0. The SMILES string of the molecule is CC(C)c1cc(-c2csc(N)n2)c2ocnc2c1. The molecule has 0 aliphatic rings. The van der Waals surface area contributed by atoms with E-state index in [1.54, 1.807) is 0 Å². The van der Waals surface area contributed by atoms with Gasteiger partial charge in [0.25, 0.3) is 0 Å². The number of nitrogens with two attached hydrogens (primary N) is 1. The van der Waals surface area contributed by atoms with Crippen molar-refractivity contribution >= 4 is 27.6 Å². The van der Waals surface area contributed by atoms with E-state index in [0.29, 0.717) is 11.0 Å². The molecule has 0 aliphatic heterocycles. The minimum absolute atomic E-state index is 0.431. The van der Waals surface area contributed by atoms with Crippen molar-refractivity contribution in [3.05, 3.63) is 29.5 Å². The third-order valence-electron chi connectivity index (χ3n) is 2.92. The zero-order valence-electron chi connectivity index (χ0n) is 10.2. The normalized spacial score (nSPS) is 11.5. The molecule has 4 nitrogen and oxygen atoms in total. The number of aromatic nitrogens is 2. The Labute approximate surface area is 108 Å². The maximum Gasteiger partial charge on any atom is 0.182 e. The van der Waals surface area contributed by atoms with Crippen molar-refractivity contribution in [1.82, 2.24) is 9.97 Å². The first-order valence-electron chi connectivity index (χ1n) is 5.73. The average molecular weight is 259 g/mol. The summed E-state index contributed by atoms with van der Waals surface area (Å²) in [4.78, 5) is 8.55. The number of fused-ring (bicyclic) bond motifs is 1. The largest absolute Gasteiger partial charge is 0.443 e. The van der Waals surface area contributed by atoms with Crippen molar-refractivity contribution in [3.63, 3.8) is 0 Å². The Kier molecular flexibility index (Phi) is 2.56. The summed E-state index contributed by atoms with van der Waals surface area (Å²) >= 11 is 1.43. The number of nitrogens with zero attached hydrogens (tertiary/aromatic N) is 2. The van der Waals surface area contributed by atoms with Crippen LogP contribution in [-0.2, 0) is 0 Å². The topological polar surface area (TPSA) is 64.9 Å². The number of hydrogen-bond acceptors (Lipinski definition) is 5. The van der Waals surface area contributed by atoms with Crippen LogP contribution >= 0.6 is 11.3 Å². The lowest BCUT2D eigenvalue weighted by molar-refractivity contribution is 0.603. The summed E-state index contributed by atoms with van der Waals surface area (Å²) < 4.78 is 5.46. The molecule has 1 aromatic carbocycles. The van der Waals surface area contributed by atoms with Gasteiger partial charge in [0.15, 0.2) is 17.1 Å². The molecule has 3 aromatic rings. The maximum atomic E-state index is 5.69. The highest BCUT2D eigenvalue weighted by atomic mass is 32.1. The number of anilines is 1. The lowest BCUT2D eigenvalue weighted by atomic mass is 9.99. The van der Waals surface area contributed by atoms with Gasteiger partial charge in [-0.2, -0.15) is 0 Å². The van der Waals surface area contributed by atoms with Gasteiger partial charge in [0.05, 0.1) is 5.69 Å². The van der Waals surface area contributed by atoms with Gasteiger partial charge in [-0.15, -0.1) is 11.3 Å². The standard InChI is InChI=1S/C13H13N3OS/c1-7(2)8-3-9(11-5-18-13(14)16-11)12-10(4-8)15-6-17-12/h3-7H,1-2H3,(H2,14,16). The molecule has 0 saturated heterocycles. The number of thiazole rings is 1. The fourth-order valence-electron chi connectivity index (χ4n) is 1.93. The lowest BCUT2D eigenvalue weighted by Gasteiger charge is -2.07. The molecule has 2 aromatic heterocycles. The Morgan fingerprint density at radius 3 is 2.83 bits per heavy atom. The van der Waals surface area contributed by atoms with Crippen LogP contribution < -0.4 is 5.73 Å². The van der Waals surface area contributed by atoms with E-state index in [0.717, 1.165) is 22.4 Å². The summed E-state index contributed by atoms with van der Waals surface area (Å²) in [6, 6.07) is 4.16. The van der Waals surface area contributed by atoms with E-state index in [9.17, 15) is 0 Å². The Balaban J connectivity index is 2.28. The van der Waals surface area contributed by atoms with Crippen LogP contribution in [0, 0.1) is 0 Å². The van der Waals surface area contributed by atoms with Gasteiger partial charge in [-0.1, -0.05) is 13.8 Å². The summed E-state index contributed by atoms with van der Waals surface area (Å²) in [7, 11) is 0. The minimum atomic E-state index is 0.431. The average Bonchev–Trinajstić information content (AvgIpc) is 2.95. The number of hydrogen-bond donors (Lipinski definition) is 1. The molecule has 0 amide bonds. The van der Waals surface area contributed by atoms with E-state index < -0.39 is 0 Å². The molecule has 0 fully saturated rings. The molecule has 18 heavy (non-hydrogen) atoms. The fourth-order valence-corrected chi connectivity index (χ4v) is 2.49. The van der Waals surface area contributed by atoms with Crippen LogP contribution in [0.5, 0.6) is 0 Å². The molecular weight excluding hydrogens is 246 g/mol. The highest BCUT2D eigenvalue weighted by Crippen LogP contribution is 2.33. The van der Waals surface area contributed by atoms with Gasteiger partial charge in [0, 0.05) is 10.9 Å². The minimum Gasteiger partial charge on any atom is -0.443 e. The van der Waals surface area contributed by atoms with E-state index in [2.05, 4.69) is 35.9 Å².